The summed E-state index contributed by atoms with van der Waals surface area (Å²) in [6.07, 6.45) is 0.565. The number of nitrogens with zero attached hydrogens (tertiary/aromatic N) is 1. The molecule has 0 saturated heterocycles. The molecule has 6 nitrogen and oxygen atoms in total. The van der Waals surface area contributed by atoms with Gasteiger partial charge in [-0.15, -0.1) is 0 Å². The molecule has 1 heterocycles. The predicted molar refractivity (Wildman–Crippen MR) is 106 cm³/mol. The molecule has 0 aliphatic carbocycles. The third-order valence-corrected chi connectivity index (χ3v) is 4.75. The van der Waals surface area contributed by atoms with Gasteiger partial charge in [0, 0.05) is 0 Å². The van der Waals surface area contributed by atoms with E-state index in [-0.39, 0.29) is 18.2 Å². The predicted octanol–water partition coefficient (Wildman–Crippen LogP) is 3.41. The van der Waals surface area contributed by atoms with E-state index in [9.17, 15) is 14.0 Å². The number of H-pyrrole nitrogens is 1. The highest BCUT2D eigenvalue weighted by atomic mass is 19.1. The molecule has 0 aliphatic rings. The Bertz CT molecular complexity index is 952. The number of hydrogen-bond acceptors (Lipinski definition) is 3. The van der Waals surface area contributed by atoms with E-state index in [0.717, 1.165) is 11.0 Å². The lowest BCUT2D eigenvalue weighted by atomic mass is 9.98. The monoisotopic (exact) mass is 382 g/mol. The summed E-state index contributed by atoms with van der Waals surface area (Å²) in [5.74, 6) is -0.994. The number of carbonyl (C=O) groups excluding carboxylic acids is 2. The highest BCUT2D eigenvalue weighted by molar-refractivity contribution is 5.97. The van der Waals surface area contributed by atoms with Crippen molar-refractivity contribution in [3.63, 3.8) is 0 Å². The van der Waals surface area contributed by atoms with Crippen LogP contribution in [0.2, 0.25) is 0 Å². The van der Waals surface area contributed by atoms with E-state index in [1.165, 1.54) is 6.07 Å². The molecule has 2 amide bonds. The minimum absolute atomic E-state index is 0.103. The van der Waals surface area contributed by atoms with Crippen LogP contribution in [-0.2, 0) is 16.0 Å². The van der Waals surface area contributed by atoms with Gasteiger partial charge in [-0.1, -0.05) is 50.6 Å². The Morgan fingerprint density at radius 2 is 1.86 bits per heavy atom. The number of anilines is 1. The van der Waals surface area contributed by atoms with Crippen LogP contribution in [0.15, 0.2) is 48.5 Å². The van der Waals surface area contributed by atoms with E-state index in [1.54, 1.807) is 18.2 Å². The van der Waals surface area contributed by atoms with Crippen molar-refractivity contribution in [3.05, 3.63) is 59.9 Å². The third-order valence-electron chi connectivity index (χ3n) is 4.75. The number of nitrogens with one attached hydrogen (secondary N) is 3. The van der Waals surface area contributed by atoms with Gasteiger partial charge in [-0.25, -0.2) is 9.37 Å². The maximum Gasteiger partial charge on any atom is 0.249 e. The second kappa shape index (κ2) is 8.65. The lowest BCUT2D eigenvalue weighted by Crippen LogP contribution is -2.48. The minimum atomic E-state index is -0.752. The van der Waals surface area contributed by atoms with Gasteiger partial charge in [0.2, 0.25) is 17.8 Å². The maximum absolute atomic E-state index is 13.8. The SMILES string of the molecule is CC[C@@H](C)[C@@H](NC(=O)Cc1ccccc1F)C(=O)Nc1nc2ccccc2[nH]1. The first kappa shape index (κ1) is 19.5. The van der Waals surface area contributed by atoms with Gasteiger partial charge in [0.1, 0.15) is 11.9 Å². The Labute approximate surface area is 162 Å². The topological polar surface area (TPSA) is 86.9 Å². The number of fused-ring (bicyclic) bond motifs is 1. The van der Waals surface area contributed by atoms with Gasteiger partial charge in [0.15, 0.2) is 0 Å². The first-order valence-corrected chi connectivity index (χ1v) is 9.26. The van der Waals surface area contributed by atoms with Gasteiger partial charge < -0.3 is 10.3 Å². The molecular weight excluding hydrogens is 359 g/mol. The number of para-hydroxylation sites is 2. The van der Waals surface area contributed by atoms with Gasteiger partial charge in [-0.3, -0.25) is 14.9 Å². The van der Waals surface area contributed by atoms with E-state index in [0.29, 0.717) is 17.9 Å². The fourth-order valence-corrected chi connectivity index (χ4v) is 2.95. The maximum atomic E-state index is 13.8. The zero-order chi connectivity index (χ0) is 20.1. The molecule has 1 aromatic heterocycles. The molecule has 0 radical (unpaired) electrons. The van der Waals surface area contributed by atoms with Crippen LogP contribution in [0.4, 0.5) is 10.3 Å². The van der Waals surface area contributed by atoms with Gasteiger partial charge in [0.05, 0.1) is 17.5 Å². The van der Waals surface area contributed by atoms with Gasteiger partial charge in [0.25, 0.3) is 0 Å². The number of hydrogen-bond donors (Lipinski definition) is 3. The summed E-state index contributed by atoms with van der Waals surface area (Å²) >= 11 is 0. The Morgan fingerprint density at radius 1 is 1.14 bits per heavy atom. The average molecular weight is 382 g/mol. The molecule has 0 unspecified atom stereocenters. The number of imidazole rings is 1. The zero-order valence-corrected chi connectivity index (χ0v) is 15.8. The number of halogens is 1. The van der Waals surface area contributed by atoms with Crippen LogP contribution in [0, 0.1) is 11.7 Å². The first-order valence-electron chi connectivity index (χ1n) is 9.26. The molecular formula is C21H23FN4O2. The molecule has 2 atom stereocenters. The molecule has 0 bridgehead atoms. The van der Waals surface area contributed by atoms with Gasteiger partial charge in [-0.05, 0) is 29.7 Å². The summed E-state index contributed by atoms with van der Waals surface area (Å²) in [5.41, 5.74) is 1.84. The number of rotatable bonds is 7. The molecule has 146 valence electrons. The molecule has 7 heteroatoms. The summed E-state index contributed by atoms with van der Waals surface area (Å²) in [4.78, 5) is 32.6. The molecule has 0 saturated carbocycles. The van der Waals surface area contributed by atoms with Crippen LogP contribution in [0.1, 0.15) is 25.8 Å². The second-order valence-electron chi connectivity index (χ2n) is 6.79. The van der Waals surface area contributed by atoms with Crippen molar-refractivity contribution in [2.75, 3.05) is 5.32 Å². The van der Waals surface area contributed by atoms with E-state index >= 15 is 0 Å². The summed E-state index contributed by atoms with van der Waals surface area (Å²) in [7, 11) is 0. The van der Waals surface area contributed by atoms with E-state index < -0.39 is 17.8 Å². The summed E-state index contributed by atoms with van der Waals surface area (Å²) in [6, 6.07) is 12.8. The standard InChI is InChI=1S/C21H23FN4O2/c1-3-13(2)19(25-18(27)12-14-8-4-5-9-15(14)22)20(28)26-21-23-16-10-6-7-11-17(16)24-21/h4-11,13,19H,3,12H2,1-2H3,(H,25,27)(H2,23,24,26,28)/t13-,19-/m1/s1. The Balaban J connectivity index is 1.71. The minimum Gasteiger partial charge on any atom is -0.344 e. The number of aromatic amines is 1. The van der Waals surface area contributed by atoms with Crippen LogP contribution in [0.3, 0.4) is 0 Å². The van der Waals surface area contributed by atoms with Crippen molar-refractivity contribution in [3.8, 4) is 0 Å². The van der Waals surface area contributed by atoms with Crippen molar-refractivity contribution in [1.82, 2.24) is 15.3 Å². The van der Waals surface area contributed by atoms with Crippen molar-refractivity contribution >= 4 is 28.8 Å². The molecule has 28 heavy (non-hydrogen) atoms. The molecule has 0 spiro atoms. The largest absolute Gasteiger partial charge is 0.344 e. The number of amides is 2. The quantitative estimate of drug-likeness (QED) is 0.585. The number of carbonyl (C=O) groups is 2. The van der Waals surface area contributed by atoms with Gasteiger partial charge in [-0.2, -0.15) is 0 Å². The van der Waals surface area contributed by atoms with Crippen LogP contribution < -0.4 is 10.6 Å². The normalized spacial score (nSPS) is 13.1. The Kier molecular flexibility index (Phi) is 6.03. The molecule has 0 aliphatic heterocycles. The summed E-state index contributed by atoms with van der Waals surface area (Å²) < 4.78 is 13.8. The zero-order valence-electron chi connectivity index (χ0n) is 15.8. The van der Waals surface area contributed by atoms with Crippen molar-refractivity contribution in [2.24, 2.45) is 5.92 Å². The fraction of sp³-hybridized carbons (Fsp3) is 0.286. The first-order chi connectivity index (χ1) is 13.5. The number of aromatic nitrogens is 2. The Morgan fingerprint density at radius 3 is 2.57 bits per heavy atom. The third kappa shape index (κ3) is 4.54. The molecule has 3 aromatic rings. The van der Waals surface area contributed by atoms with E-state index in [2.05, 4.69) is 20.6 Å². The Hall–Kier alpha value is -3.22. The highest BCUT2D eigenvalue weighted by Crippen LogP contribution is 2.16. The number of benzene rings is 2. The van der Waals surface area contributed by atoms with Crippen LogP contribution >= 0.6 is 0 Å². The lowest BCUT2D eigenvalue weighted by Gasteiger charge is -2.23. The van der Waals surface area contributed by atoms with Gasteiger partial charge >= 0.3 is 0 Å². The van der Waals surface area contributed by atoms with Crippen molar-refractivity contribution < 1.29 is 14.0 Å². The molecule has 3 N–H and O–H groups in total. The lowest BCUT2D eigenvalue weighted by molar-refractivity contribution is -0.127. The molecule has 0 fully saturated rings. The van der Waals surface area contributed by atoms with Crippen LogP contribution in [-0.4, -0.2) is 27.8 Å². The van der Waals surface area contributed by atoms with Crippen LogP contribution in [0.5, 0.6) is 0 Å². The van der Waals surface area contributed by atoms with Crippen LogP contribution in [0.25, 0.3) is 11.0 Å². The molecule has 2 aromatic carbocycles. The van der Waals surface area contributed by atoms with Crippen molar-refractivity contribution in [1.29, 1.82) is 0 Å². The fourth-order valence-electron chi connectivity index (χ4n) is 2.95. The second-order valence-corrected chi connectivity index (χ2v) is 6.79. The van der Waals surface area contributed by atoms with E-state index in [1.807, 2.05) is 38.1 Å². The smallest absolute Gasteiger partial charge is 0.249 e. The highest BCUT2D eigenvalue weighted by Gasteiger charge is 2.27. The average Bonchev–Trinajstić information content (AvgIpc) is 3.09. The van der Waals surface area contributed by atoms with E-state index in [4.69, 9.17) is 0 Å². The van der Waals surface area contributed by atoms with Crippen molar-refractivity contribution in [2.45, 2.75) is 32.7 Å². The summed E-state index contributed by atoms with van der Waals surface area (Å²) in [5, 5.41) is 5.47. The summed E-state index contributed by atoms with van der Waals surface area (Å²) in [6.45, 7) is 3.82. The molecule has 3 rings (SSSR count).